The third-order valence-corrected chi connectivity index (χ3v) is 12.1. The van der Waals surface area contributed by atoms with Gasteiger partial charge in [-0.3, -0.25) is 4.79 Å². The molecule has 0 N–H and O–H groups in total. The van der Waals surface area contributed by atoms with Crippen molar-refractivity contribution in [1.82, 2.24) is 0 Å². The zero-order chi connectivity index (χ0) is 21.4. The Morgan fingerprint density at radius 2 is 1.44 bits per heavy atom. The molecule has 0 aliphatic rings. The van der Waals surface area contributed by atoms with Gasteiger partial charge in [0.1, 0.15) is 0 Å². The van der Waals surface area contributed by atoms with Gasteiger partial charge < -0.3 is 9.16 Å². The maximum absolute atomic E-state index is 11.6. The molecule has 0 aromatic carbocycles. The minimum absolute atomic E-state index is 0.153. The molecule has 4 heteroatoms. The van der Waals surface area contributed by atoms with E-state index in [2.05, 4.69) is 68.0 Å². The minimum Gasteiger partial charge on any atom is -0.469 e. The van der Waals surface area contributed by atoms with Crippen LogP contribution in [0.4, 0.5) is 0 Å². The predicted octanol–water partition coefficient (Wildman–Crippen LogP) is 6.91. The van der Waals surface area contributed by atoms with Crippen molar-refractivity contribution in [2.45, 2.75) is 91.8 Å². The molecule has 0 saturated carbocycles. The lowest BCUT2D eigenvalue weighted by Gasteiger charge is -2.42. The van der Waals surface area contributed by atoms with E-state index in [0.717, 1.165) is 18.6 Å². The minimum atomic E-state index is -1.79. The van der Waals surface area contributed by atoms with E-state index >= 15 is 0 Å². The second-order valence-corrected chi connectivity index (χ2v) is 14.5. The van der Waals surface area contributed by atoms with E-state index in [4.69, 9.17) is 9.16 Å². The Bertz CT molecular complexity index is 484. The number of ether oxygens (including phenoxy) is 1. The maximum atomic E-state index is 11.6. The molecule has 27 heavy (non-hydrogen) atoms. The van der Waals surface area contributed by atoms with E-state index in [1.165, 1.54) is 12.7 Å². The number of carbonyl (C=O) groups excluding carboxylic acids is 1. The highest BCUT2D eigenvalue weighted by molar-refractivity contribution is 6.77. The topological polar surface area (TPSA) is 35.5 Å². The summed E-state index contributed by atoms with van der Waals surface area (Å²) >= 11 is 0. The number of esters is 1. The van der Waals surface area contributed by atoms with Crippen LogP contribution in [-0.2, 0) is 14.0 Å². The van der Waals surface area contributed by atoms with Crippen LogP contribution in [0.3, 0.4) is 0 Å². The Kier molecular flexibility index (Phi) is 11.5. The fraction of sp³-hybridized carbons (Fsp3) is 0.783. The average molecular weight is 397 g/mol. The van der Waals surface area contributed by atoms with E-state index in [0.29, 0.717) is 29.0 Å². The van der Waals surface area contributed by atoms with Crippen molar-refractivity contribution in [2.24, 2.45) is 11.8 Å². The van der Waals surface area contributed by atoms with Gasteiger partial charge in [-0.15, -0.1) is 0 Å². The quantitative estimate of drug-likeness (QED) is 0.204. The molecule has 0 aliphatic carbocycles. The van der Waals surface area contributed by atoms with E-state index in [1.54, 1.807) is 0 Å². The lowest BCUT2D eigenvalue weighted by Crippen LogP contribution is -2.48. The third kappa shape index (κ3) is 7.57. The molecule has 0 unspecified atom stereocenters. The fourth-order valence-corrected chi connectivity index (χ4v) is 9.81. The molecule has 0 bridgehead atoms. The summed E-state index contributed by atoms with van der Waals surface area (Å²) in [5.74, 6) is 0.106. The number of carbonyl (C=O) groups is 1. The number of methoxy groups -OCH3 is 1. The highest BCUT2D eigenvalue weighted by Gasteiger charge is 2.44. The van der Waals surface area contributed by atoms with Gasteiger partial charge in [0, 0.05) is 6.61 Å². The zero-order valence-corrected chi connectivity index (χ0v) is 20.5. The van der Waals surface area contributed by atoms with Gasteiger partial charge in [0.2, 0.25) is 0 Å². The summed E-state index contributed by atoms with van der Waals surface area (Å²) in [6.07, 6.45) is 3.78. The molecule has 0 heterocycles. The standard InChI is InChI=1S/C23H44O3Si/c1-16(2)27(17(3)4,18(5)6)26-13-12-20(8)21(9)14-19(7)15-22(10)23(24)25-11/h14,16-18,20,22H,7,12-13,15H2,1-6,8-11H3/b21-14+/t20-,22+/m0/s1. The van der Waals surface area contributed by atoms with Gasteiger partial charge in [0.25, 0.3) is 0 Å². The molecule has 0 saturated heterocycles. The SMILES string of the molecule is C=C(/C=C(\C)[C@@H](C)CCO[Si](C(C)C)(C(C)C)C(C)C)C[C@@H](C)C(=O)OC. The van der Waals surface area contributed by atoms with Crippen molar-refractivity contribution in [2.75, 3.05) is 13.7 Å². The summed E-state index contributed by atoms with van der Waals surface area (Å²) in [5.41, 5.74) is 4.12. The van der Waals surface area contributed by atoms with Crippen molar-refractivity contribution < 1.29 is 14.0 Å². The Hall–Kier alpha value is -0.873. The van der Waals surface area contributed by atoms with Crippen molar-refractivity contribution in [3.63, 3.8) is 0 Å². The fourth-order valence-electron chi connectivity index (χ4n) is 4.34. The van der Waals surface area contributed by atoms with Gasteiger partial charge >= 0.3 is 5.97 Å². The summed E-state index contributed by atoms with van der Waals surface area (Å²) < 4.78 is 11.5. The van der Waals surface area contributed by atoms with Crippen molar-refractivity contribution >= 4 is 14.3 Å². The van der Waals surface area contributed by atoms with E-state index < -0.39 is 8.32 Å². The van der Waals surface area contributed by atoms with Gasteiger partial charge in [-0.05, 0) is 42.3 Å². The molecular formula is C23H44O3Si. The van der Waals surface area contributed by atoms with Gasteiger partial charge in [-0.2, -0.15) is 0 Å². The normalized spacial score (nSPS) is 15.4. The average Bonchev–Trinajstić information content (AvgIpc) is 2.56. The van der Waals surface area contributed by atoms with Gasteiger partial charge in [0.15, 0.2) is 8.32 Å². The Morgan fingerprint density at radius 3 is 1.85 bits per heavy atom. The monoisotopic (exact) mass is 396 g/mol. The first-order valence-corrected chi connectivity index (χ1v) is 12.6. The van der Waals surface area contributed by atoms with Crippen LogP contribution in [0.5, 0.6) is 0 Å². The van der Waals surface area contributed by atoms with Crippen LogP contribution in [0.1, 0.15) is 75.2 Å². The molecule has 0 radical (unpaired) electrons. The number of allylic oxidation sites excluding steroid dienone is 3. The van der Waals surface area contributed by atoms with Crippen LogP contribution in [0.25, 0.3) is 0 Å². The molecule has 0 aliphatic heterocycles. The van der Waals surface area contributed by atoms with E-state index in [-0.39, 0.29) is 11.9 Å². The third-order valence-electron chi connectivity index (χ3n) is 5.99. The van der Waals surface area contributed by atoms with Crippen molar-refractivity contribution in [3.05, 3.63) is 23.8 Å². The van der Waals surface area contributed by atoms with Crippen LogP contribution in [0, 0.1) is 11.8 Å². The van der Waals surface area contributed by atoms with Crippen LogP contribution < -0.4 is 0 Å². The summed E-state index contributed by atoms with van der Waals surface area (Å²) in [6.45, 7) is 25.2. The molecule has 158 valence electrons. The molecule has 0 spiro atoms. The Morgan fingerprint density at radius 1 is 0.963 bits per heavy atom. The molecular weight excluding hydrogens is 352 g/mol. The highest BCUT2D eigenvalue weighted by atomic mass is 28.4. The molecule has 0 fully saturated rings. The van der Waals surface area contributed by atoms with Gasteiger partial charge in [-0.1, -0.05) is 79.2 Å². The number of hydrogen-bond donors (Lipinski definition) is 0. The molecule has 3 nitrogen and oxygen atoms in total. The second-order valence-electron chi connectivity index (χ2n) is 9.03. The first-order valence-electron chi connectivity index (χ1n) is 10.5. The maximum Gasteiger partial charge on any atom is 0.308 e. The number of rotatable bonds is 12. The van der Waals surface area contributed by atoms with Crippen molar-refractivity contribution in [1.29, 1.82) is 0 Å². The largest absolute Gasteiger partial charge is 0.469 e. The van der Waals surface area contributed by atoms with E-state index in [9.17, 15) is 4.79 Å². The summed E-state index contributed by atoms with van der Waals surface area (Å²) in [5, 5.41) is 0. The second kappa shape index (κ2) is 11.9. The van der Waals surface area contributed by atoms with Crippen LogP contribution in [0.2, 0.25) is 16.6 Å². The number of hydrogen-bond acceptors (Lipinski definition) is 3. The Balaban J connectivity index is 4.82. The highest BCUT2D eigenvalue weighted by Crippen LogP contribution is 2.42. The molecule has 0 rings (SSSR count). The lowest BCUT2D eigenvalue weighted by atomic mass is 9.94. The first-order chi connectivity index (χ1) is 12.4. The van der Waals surface area contributed by atoms with Crippen LogP contribution in [0.15, 0.2) is 23.8 Å². The van der Waals surface area contributed by atoms with E-state index in [1.807, 2.05) is 6.92 Å². The summed E-state index contributed by atoms with van der Waals surface area (Å²) in [7, 11) is -0.358. The smallest absolute Gasteiger partial charge is 0.308 e. The van der Waals surface area contributed by atoms with Crippen molar-refractivity contribution in [3.8, 4) is 0 Å². The van der Waals surface area contributed by atoms with Gasteiger partial charge in [0.05, 0.1) is 13.0 Å². The molecule has 0 aromatic heterocycles. The van der Waals surface area contributed by atoms with Crippen LogP contribution in [-0.4, -0.2) is 28.0 Å². The predicted molar refractivity (Wildman–Crippen MR) is 119 cm³/mol. The zero-order valence-electron chi connectivity index (χ0n) is 19.5. The lowest BCUT2D eigenvalue weighted by molar-refractivity contribution is -0.144. The summed E-state index contributed by atoms with van der Waals surface area (Å²) in [4.78, 5) is 11.6. The van der Waals surface area contributed by atoms with Gasteiger partial charge in [-0.25, -0.2) is 0 Å². The summed E-state index contributed by atoms with van der Waals surface area (Å²) in [6, 6.07) is 0. The molecule has 2 atom stereocenters. The molecule has 0 aromatic rings. The Labute approximate surface area is 169 Å². The first kappa shape index (κ1) is 26.1. The van der Waals surface area contributed by atoms with Crippen LogP contribution >= 0.6 is 0 Å². The molecule has 0 amide bonds.